The zero-order valence-electron chi connectivity index (χ0n) is 11.6. The molecule has 0 bridgehead atoms. The summed E-state index contributed by atoms with van der Waals surface area (Å²) >= 11 is 0. The average molecular weight is 279 g/mol. The predicted octanol–water partition coefficient (Wildman–Crippen LogP) is 3.41. The van der Waals surface area contributed by atoms with E-state index in [1.807, 2.05) is 44.2 Å². The Morgan fingerprint density at radius 1 is 1.00 bits per heavy atom. The number of hydrogen-bond donors (Lipinski definition) is 1. The summed E-state index contributed by atoms with van der Waals surface area (Å²) < 4.78 is 23.0. The normalized spacial score (nSPS) is 11.8. The van der Waals surface area contributed by atoms with Crippen molar-refractivity contribution in [2.75, 3.05) is 14.2 Å². The number of aryl methyl sites for hydroxylation is 2. The fraction of sp³-hybridized carbons (Fsp3) is 0.286. The van der Waals surface area contributed by atoms with Crippen molar-refractivity contribution < 1.29 is 13.6 Å². The Balaban J connectivity index is 2.73. The lowest BCUT2D eigenvalue weighted by Gasteiger charge is -2.16. The lowest BCUT2D eigenvalue weighted by molar-refractivity contribution is 0.287. The molecule has 0 saturated heterocycles. The number of H-pyrrole nitrogens is 1. The molecule has 0 atom stereocenters. The van der Waals surface area contributed by atoms with E-state index in [1.54, 1.807) is 0 Å². The molecule has 0 spiro atoms. The Bertz CT molecular complexity index is 611. The molecule has 0 radical (unpaired) electrons. The lowest BCUT2D eigenvalue weighted by atomic mass is 10.1. The van der Waals surface area contributed by atoms with Crippen molar-refractivity contribution in [1.29, 1.82) is 0 Å². The van der Waals surface area contributed by atoms with Gasteiger partial charge in [0.05, 0.1) is 5.30 Å². The van der Waals surface area contributed by atoms with Gasteiger partial charge in [-0.2, -0.15) is 0 Å². The highest BCUT2D eigenvalue weighted by Crippen LogP contribution is 2.49. The van der Waals surface area contributed by atoms with E-state index in [2.05, 4.69) is 4.98 Å². The Morgan fingerprint density at radius 2 is 1.58 bits per heavy atom. The van der Waals surface area contributed by atoms with Gasteiger partial charge in [0.15, 0.2) is 0 Å². The van der Waals surface area contributed by atoms with Crippen LogP contribution < -0.4 is 5.30 Å². The second-order valence-electron chi connectivity index (χ2n) is 4.33. The Labute approximate surface area is 113 Å². The minimum absolute atomic E-state index is 0.612. The van der Waals surface area contributed by atoms with Gasteiger partial charge < -0.3 is 14.0 Å². The molecule has 0 aliphatic rings. The molecule has 0 fully saturated rings. The van der Waals surface area contributed by atoms with Crippen LogP contribution >= 0.6 is 7.60 Å². The number of hydrogen-bond acceptors (Lipinski definition) is 3. The molecule has 1 heterocycles. The van der Waals surface area contributed by atoms with Gasteiger partial charge in [0.1, 0.15) is 0 Å². The molecule has 0 saturated carbocycles. The van der Waals surface area contributed by atoms with Crippen molar-refractivity contribution >= 4 is 12.9 Å². The molecule has 1 aromatic carbocycles. The lowest BCUT2D eigenvalue weighted by Crippen LogP contribution is -2.12. The molecule has 0 amide bonds. The van der Waals surface area contributed by atoms with Gasteiger partial charge in [-0.25, -0.2) is 0 Å². The maximum absolute atomic E-state index is 12.7. The van der Waals surface area contributed by atoms with Gasteiger partial charge in [0, 0.05) is 31.2 Å². The van der Waals surface area contributed by atoms with Crippen LogP contribution in [-0.4, -0.2) is 19.2 Å². The highest BCUT2D eigenvalue weighted by Gasteiger charge is 2.32. The van der Waals surface area contributed by atoms with Crippen LogP contribution in [0.4, 0.5) is 0 Å². The second-order valence-corrected chi connectivity index (χ2v) is 6.50. The van der Waals surface area contributed by atoms with Crippen molar-refractivity contribution in [3.05, 3.63) is 41.7 Å². The van der Waals surface area contributed by atoms with Crippen molar-refractivity contribution in [3.8, 4) is 11.1 Å². The first-order chi connectivity index (χ1) is 9.03. The van der Waals surface area contributed by atoms with E-state index in [0.29, 0.717) is 5.30 Å². The summed E-state index contributed by atoms with van der Waals surface area (Å²) in [5, 5.41) is 0.612. The molecule has 2 aromatic rings. The van der Waals surface area contributed by atoms with Gasteiger partial charge in [-0.1, -0.05) is 30.3 Å². The summed E-state index contributed by atoms with van der Waals surface area (Å²) in [6.07, 6.45) is 0. The zero-order chi connectivity index (χ0) is 14.0. The van der Waals surface area contributed by atoms with E-state index in [-0.39, 0.29) is 0 Å². The highest BCUT2D eigenvalue weighted by atomic mass is 31.2. The van der Waals surface area contributed by atoms with Crippen LogP contribution in [0.3, 0.4) is 0 Å². The van der Waals surface area contributed by atoms with Crippen LogP contribution in [0.25, 0.3) is 11.1 Å². The number of rotatable bonds is 4. The van der Waals surface area contributed by atoms with Crippen LogP contribution in [0.15, 0.2) is 30.3 Å². The summed E-state index contributed by atoms with van der Waals surface area (Å²) in [7, 11) is -0.477. The summed E-state index contributed by atoms with van der Waals surface area (Å²) in [6, 6.07) is 9.81. The fourth-order valence-electron chi connectivity index (χ4n) is 2.33. The first kappa shape index (κ1) is 14.1. The van der Waals surface area contributed by atoms with Crippen LogP contribution in [0, 0.1) is 13.8 Å². The molecule has 4 nitrogen and oxygen atoms in total. The zero-order valence-corrected chi connectivity index (χ0v) is 12.5. The van der Waals surface area contributed by atoms with E-state index >= 15 is 0 Å². The maximum Gasteiger partial charge on any atom is 0.363 e. The summed E-state index contributed by atoms with van der Waals surface area (Å²) in [6.45, 7) is 3.83. The van der Waals surface area contributed by atoms with E-state index in [9.17, 15) is 4.57 Å². The summed E-state index contributed by atoms with van der Waals surface area (Å²) in [4.78, 5) is 3.22. The number of nitrogens with one attached hydrogen (secondary N) is 1. The largest absolute Gasteiger partial charge is 0.363 e. The average Bonchev–Trinajstić information content (AvgIpc) is 2.74. The van der Waals surface area contributed by atoms with Crippen molar-refractivity contribution in [3.63, 3.8) is 0 Å². The molecule has 1 N–H and O–H groups in total. The Kier molecular flexibility index (Phi) is 3.95. The SMILES string of the molecule is COP(=O)(OC)c1c(C)[nH]c(C)c1-c1ccccc1. The first-order valence-electron chi connectivity index (χ1n) is 6.00. The smallest absolute Gasteiger partial charge is 0.361 e. The third-order valence-electron chi connectivity index (χ3n) is 3.16. The van der Waals surface area contributed by atoms with Gasteiger partial charge in [-0.3, -0.25) is 4.57 Å². The molecule has 2 rings (SSSR count). The molecule has 1 aromatic heterocycles. The maximum atomic E-state index is 12.7. The number of aromatic amines is 1. The molecule has 5 heteroatoms. The second kappa shape index (κ2) is 5.33. The number of aromatic nitrogens is 1. The summed E-state index contributed by atoms with van der Waals surface area (Å²) in [5.41, 5.74) is 3.65. The minimum atomic E-state index is -3.28. The van der Waals surface area contributed by atoms with Crippen molar-refractivity contribution in [2.24, 2.45) is 0 Å². The quantitative estimate of drug-likeness (QED) is 0.872. The van der Waals surface area contributed by atoms with Crippen LogP contribution in [0.2, 0.25) is 0 Å². The minimum Gasteiger partial charge on any atom is -0.361 e. The van der Waals surface area contributed by atoms with E-state index in [4.69, 9.17) is 9.05 Å². The Morgan fingerprint density at radius 3 is 2.11 bits per heavy atom. The summed E-state index contributed by atoms with van der Waals surface area (Å²) in [5.74, 6) is 0. The molecule has 0 unspecified atom stereocenters. The van der Waals surface area contributed by atoms with Crippen molar-refractivity contribution in [2.45, 2.75) is 13.8 Å². The van der Waals surface area contributed by atoms with E-state index in [0.717, 1.165) is 22.5 Å². The highest BCUT2D eigenvalue weighted by molar-refractivity contribution is 7.62. The van der Waals surface area contributed by atoms with Gasteiger partial charge in [-0.05, 0) is 19.4 Å². The third kappa shape index (κ3) is 2.39. The molecular weight excluding hydrogens is 261 g/mol. The van der Waals surface area contributed by atoms with E-state index in [1.165, 1.54) is 14.2 Å². The topological polar surface area (TPSA) is 51.3 Å². The van der Waals surface area contributed by atoms with Crippen LogP contribution in [-0.2, 0) is 13.6 Å². The third-order valence-corrected chi connectivity index (χ3v) is 5.23. The standard InChI is InChI=1S/C14H18NO3P/c1-10-13(12-8-6-5-7-9-12)14(11(2)15-10)19(16,17-3)18-4/h5-9,15H,1-4H3. The van der Waals surface area contributed by atoms with Gasteiger partial charge in [-0.15, -0.1) is 0 Å². The molecular formula is C14H18NO3P. The van der Waals surface area contributed by atoms with E-state index < -0.39 is 7.60 Å². The van der Waals surface area contributed by atoms with Gasteiger partial charge >= 0.3 is 7.60 Å². The first-order valence-corrected chi connectivity index (χ1v) is 7.54. The molecule has 0 aliphatic heterocycles. The van der Waals surface area contributed by atoms with Crippen LogP contribution in [0.1, 0.15) is 11.4 Å². The molecule has 102 valence electrons. The van der Waals surface area contributed by atoms with Gasteiger partial charge in [0.25, 0.3) is 0 Å². The Hall–Kier alpha value is -1.35. The van der Waals surface area contributed by atoms with Crippen molar-refractivity contribution in [1.82, 2.24) is 4.98 Å². The van der Waals surface area contributed by atoms with Gasteiger partial charge in [0.2, 0.25) is 0 Å². The monoisotopic (exact) mass is 279 g/mol. The fourth-order valence-corrected chi connectivity index (χ4v) is 3.88. The predicted molar refractivity (Wildman–Crippen MR) is 77.0 cm³/mol. The molecule has 0 aliphatic carbocycles. The number of benzene rings is 1. The molecule has 19 heavy (non-hydrogen) atoms. The van der Waals surface area contributed by atoms with Crippen LogP contribution in [0.5, 0.6) is 0 Å².